The molecule has 0 atom stereocenters. The minimum Gasteiger partial charge on any atom is -0.479 e. The van der Waals surface area contributed by atoms with Gasteiger partial charge in [-0.3, -0.25) is 0 Å². The molecule has 0 aliphatic carbocycles. The summed E-state index contributed by atoms with van der Waals surface area (Å²) < 4.78 is 18.6. The Morgan fingerprint density at radius 3 is 2.89 bits per heavy atom. The molecule has 2 aromatic rings. The number of halogens is 2. The lowest BCUT2D eigenvalue weighted by Gasteiger charge is -2.11. The molecule has 0 saturated heterocycles. The van der Waals surface area contributed by atoms with Gasteiger partial charge >= 0.3 is 0 Å². The molecule has 5 nitrogen and oxygen atoms in total. The lowest BCUT2D eigenvalue weighted by Crippen LogP contribution is -2.04. The summed E-state index contributed by atoms with van der Waals surface area (Å²) in [6, 6.07) is 4.59. The van der Waals surface area contributed by atoms with Crippen molar-refractivity contribution < 1.29 is 9.13 Å². The highest BCUT2D eigenvalue weighted by Crippen LogP contribution is 2.29. The molecule has 0 bridgehead atoms. The minimum atomic E-state index is -0.573. The summed E-state index contributed by atoms with van der Waals surface area (Å²) in [6.07, 6.45) is 1.26. The maximum atomic E-state index is 13.7. The van der Waals surface area contributed by atoms with Gasteiger partial charge in [0.25, 0.3) is 0 Å². The number of hydrogen-bond acceptors (Lipinski definition) is 5. The summed E-state index contributed by atoms with van der Waals surface area (Å²) in [7, 11) is 1.43. The Morgan fingerprint density at radius 1 is 1.39 bits per heavy atom. The minimum absolute atomic E-state index is 0.0135. The van der Waals surface area contributed by atoms with E-state index in [1.807, 2.05) is 0 Å². The SMILES string of the molecule is COc1ncnc(Nc2cccc(Cl)c2F)c1N. The van der Waals surface area contributed by atoms with Crippen LogP contribution in [0.3, 0.4) is 0 Å². The van der Waals surface area contributed by atoms with Crippen LogP contribution in [0.1, 0.15) is 0 Å². The van der Waals surface area contributed by atoms with Crippen molar-refractivity contribution in [3.63, 3.8) is 0 Å². The zero-order valence-corrected chi connectivity index (χ0v) is 10.2. The van der Waals surface area contributed by atoms with Gasteiger partial charge in [0.1, 0.15) is 12.0 Å². The molecular formula is C11H10ClFN4O. The average molecular weight is 269 g/mol. The van der Waals surface area contributed by atoms with Gasteiger partial charge in [-0.2, -0.15) is 4.98 Å². The molecule has 7 heteroatoms. The Bertz CT molecular complexity index is 579. The standard InChI is InChI=1S/C11H10ClFN4O/c1-18-11-9(14)10(15-5-16-11)17-7-4-2-3-6(12)8(7)13/h2-5H,14H2,1H3,(H,15,16,17). The molecule has 0 spiro atoms. The number of hydrogen-bond donors (Lipinski definition) is 2. The smallest absolute Gasteiger partial charge is 0.242 e. The lowest BCUT2D eigenvalue weighted by atomic mass is 10.3. The highest BCUT2D eigenvalue weighted by Gasteiger charge is 2.11. The van der Waals surface area contributed by atoms with E-state index in [-0.39, 0.29) is 28.1 Å². The number of nitrogen functional groups attached to an aromatic ring is 1. The van der Waals surface area contributed by atoms with Crippen molar-refractivity contribution in [3.05, 3.63) is 35.4 Å². The van der Waals surface area contributed by atoms with E-state index in [2.05, 4.69) is 15.3 Å². The van der Waals surface area contributed by atoms with Gasteiger partial charge in [0.15, 0.2) is 11.6 Å². The number of anilines is 3. The number of aromatic nitrogens is 2. The maximum absolute atomic E-state index is 13.7. The Kier molecular flexibility index (Phi) is 3.47. The van der Waals surface area contributed by atoms with Crippen LogP contribution in [0.5, 0.6) is 5.88 Å². The maximum Gasteiger partial charge on any atom is 0.242 e. The van der Waals surface area contributed by atoms with Crippen LogP contribution in [0.25, 0.3) is 0 Å². The second kappa shape index (κ2) is 5.05. The number of ether oxygens (including phenoxy) is 1. The molecule has 3 N–H and O–H groups in total. The summed E-state index contributed by atoms with van der Waals surface area (Å²) in [5.41, 5.74) is 6.13. The van der Waals surface area contributed by atoms with Gasteiger partial charge in [-0.15, -0.1) is 0 Å². The number of nitrogens with zero attached hydrogens (tertiary/aromatic N) is 2. The molecule has 1 aromatic carbocycles. The summed E-state index contributed by atoms with van der Waals surface area (Å²) in [5, 5.41) is 2.75. The highest BCUT2D eigenvalue weighted by molar-refractivity contribution is 6.31. The van der Waals surface area contributed by atoms with Crippen LogP contribution in [0.2, 0.25) is 5.02 Å². The van der Waals surface area contributed by atoms with Gasteiger partial charge in [0, 0.05) is 0 Å². The van der Waals surface area contributed by atoms with Crippen LogP contribution in [0.15, 0.2) is 24.5 Å². The average Bonchev–Trinajstić information content (AvgIpc) is 2.37. The molecule has 1 aromatic heterocycles. The van der Waals surface area contributed by atoms with Crippen LogP contribution in [-0.2, 0) is 0 Å². The predicted molar refractivity (Wildman–Crippen MR) is 67.7 cm³/mol. The van der Waals surface area contributed by atoms with Crippen molar-refractivity contribution in [3.8, 4) is 5.88 Å². The van der Waals surface area contributed by atoms with Gasteiger partial charge in [0.2, 0.25) is 5.88 Å². The topological polar surface area (TPSA) is 73.1 Å². The van der Waals surface area contributed by atoms with Crippen molar-refractivity contribution >= 4 is 28.8 Å². The molecule has 1 heterocycles. The molecule has 0 fully saturated rings. The van der Waals surface area contributed by atoms with E-state index in [0.717, 1.165) is 0 Å². The first-order valence-corrected chi connectivity index (χ1v) is 5.36. The van der Waals surface area contributed by atoms with Crippen molar-refractivity contribution in [1.29, 1.82) is 0 Å². The molecule has 0 amide bonds. The molecule has 18 heavy (non-hydrogen) atoms. The highest BCUT2D eigenvalue weighted by atomic mass is 35.5. The van der Waals surface area contributed by atoms with Crippen molar-refractivity contribution in [1.82, 2.24) is 9.97 Å². The third-order valence-electron chi connectivity index (χ3n) is 2.25. The fraction of sp³-hybridized carbons (Fsp3) is 0.0909. The number of nitrogens with two attached hydrogens (primary N) is 1. The van der Waals surface area contributed by atoms with E-state index in [0.29, 0.717) is 0 Å². The number of methoxy groups -OCH3 is 1. The van der Waals surface area contributed by atoms with Gasteiger partial charge in [-0.05, 0) is 12.1 Å². The van der Waals surface area contributed by atoms with E-state index in [4.69, 9.17) is 22.1 Å². The normalized spacial score (nSPS) is 10.2. The van der Waals surface area contributed by atoms with Crippen molar-refractivity contribution in [2.45, 2.75) is 0 Å². The third-order valence-corrected chi connectivity index (χ3v) is 2.54. The van der Waals surface area contributed by atoms with Crippen molar-refractivity contribution in [2.24, 2.45) is 0 Å². The molecule has 0 saturated carbocycles. The fourth-order valence-corrected chi connectivity index (χ4v) is 1.54. The van der Waals surface area contributed by atoms with Crippen LogP contribution in [-0.4, -0.2) is 17.1 Å². The second-order valence-corrected chi connectivity index (χ2v) is 3.78. The Labute approximate surface area is 108 Å². The molecule has 0 aliphatic rings. The largest absolute Gasteiger partial charge is 0.479 e. The lowest BCUT2D eigenvalue weighted by molar-refractivity contribution is 0.399. The predicted octanol–water partition coefficient (Wildman–Crippen LogP) is 2.60. The summed E-state index contributed by atoms with van der Waals surface area (Å²) in [6.45, 7) is 0. The first-order chi connectivity index (χ1) is 8.63. The van der Waals surface area contributed by atoms with Crippen molar-refractivity contribution in [2.75, 3.05) is 18.2 Å². The van der Waals surface area contributed by atoms with E-state index in [1.165, 1.54) is 25.6 Å². The Morgan fingerprint density at radius 2 is 2.17 bits per heavy atom. The summed E-state index contributed by atoms with van der Waals surface area (Å²) in [4.78, 5) is 7.74. The Balaban J connectivity index is 2.37. The second-order valence-electron chi connectivity index (χ2n) is 3.37. The van der Waals surface area contributed by atoms with E-state index in [9.17, 15) is 4.39 Å². The molecule has 0 aliphatic heterocycles. The Hall–Kier alpha value is -2.08. The van der Waals surface area contributed by atoms with Gasteiger partial charge in [0.05, 0.1) is 17.8 Å². The van der Waals surface area contributed by atoms with Gasteiger partial charge < -0.3 is 15.8 Å². The summed E-state index contributed by atoms with van der Waals surface area (Å²) >= 11 is 5.67. The molecular weight excluding hydrogens is 259 g/mol. The monoisotopic (exact) mass is 268 g/mol. The molecule has 0 radical (unpaired) electrons. The molecule has 2 rings (SSSR count). The van der Waals surface area contributed by atoms with Crippen LogP contribution < -0.4 is 15.8 Å². The zero-order valence-electron chi connectivity index (χ0n) is 9.45. The number of nitrogens with one attached hydrogen (secondary N) is 1. The van der Waals surface area contributed by atoms with Gasteiger partial charge in [-0.25, -0.2) is 9.37 Å². The fourth-order valence-electron chi connectivity index (χ4n) is 1.37. The first-order valence-electron chi connectivity index (χ1n) is 4.99. The van der Waals surface area contributed by atoms with Crippen LogP contribution in [0, 0.1) is 5.82 Å². The quantitative estimate of drug-likeness (QED) is 0.895. The van der Waals surface area contributed by atoms with E-state index >= 15 is 0 Å². The molecule has 94 valence electrons. The molecule has 0 unspecified atom stereocenters. The van der Waals surface area contributed by atoms with E-state index in [1.54, 1.807) is 6.07 Å². The first kappa shape index (κ1) is 12.4. The number of rotatable bonds is 3. The van der Waals surface area contributed by atoms with E-state index < -0.39 is 5.82 Å². The van der Waals surface area contributed by atoms with Crippen LogP contribution >= 0.6 is 11.6 Å². The summed E-state index contributed by atoms with van der Waals surface area (Å²) in [5.74, 6) is -0.103. The third kappa shape index (κ3) is 2.28. The number of benzene rings is 1. The van der Waals surface area contributed by atoms with Gasteiger partial charge in [-0.1, -0.05) is 17.7 Å². The zero-order chi connectivity index (χ0) is 13.1. The van der Waals surface area contributed by atoms with Crippen LogP contribution in [0.4, 0.5) is 21.6 Å².